The van der Waals surface area contributed by atoms with Crippen LogP contribution in [0.4, 0.5) is 13.2 Å². The summed E-state index contributed by atoms with van der Waals surface area (Å²) in [7, 11) is 0. The van der Waals surface area contributed by atoms with E-state index in [-0.39, 0.29) is 42.6 Å². The average molecular weight is 428 g/mol. The molecule has 0 N–H and O–H groups in total. The quantitative estimate of drug-likeness (QED) is 0.327. The predicted molar refractivity (Wildman–Crippen MR) is 112 cm³/mol. The lowest BCUT2D eigenvalue weighted by molar-refractivity contribution is 0.281. The molecule has 1 aliphatic rings. The average Bonchev–Trinajstić information content (AvgIpc) is 2.77. The molecule has 0 aliphatic carbocycles. The molecule has 1 aliphatic heterocycles. The third-order valence-corrected chi connectivity index (χ3v) is 5.19. The van der Waals surface area contributed by atoms with E-state index in [2.05, 4.69) is 6.92 Å². The third kappa shape index (κ3) is 4.20. The highest BCUT2D eigenvalue weighted by atomic mass is 19.2. The second-order valence-corrected chi connectivity index (χ2v) is 7.42. The topological polar surface area (TPSA) is 27.7 Å². The zero-order chi connectivity index (χ0) is 22.0. The first-order chi connectivity index (χ1) is 15.0. The Bertz CT molecular complexity index is 1090. The second kappa shape index (κ2) is 8.92. The molecule has 0 saturated carbocycles. The minimum Gasteiger partial charge on any atom is -0.491 e. The molecule has 0 aromatic heterocycles. The van der Waals surface area contributed by atoms with Crippen molar-refractivity contribution >= 4 is 0 Å². The maximum atomic E-state index is 15.1. The SMILES string of the molecule is CCCc1ccc(COc2ccc3c(c2F)Oc2c(cc(OCC)c(F)c2F)C3)cc1. The van der Waals surface area contributed by atoms with Crippen molar-refractivity contribution < 1.29 is 27.4 Å². The molecule has 31 heavy (non-hydrogen) atoms. The van der Waals surface area contributed by atoms with E-state index in [1.807, 2.05) is 24.3 Å². The van der Waals surface area contributed by atoms with Gasteiger partial charge in [0.1, 0.15) is 6.61 Å². The maximum absolute atomic E-state index is 15.1. The van der Waals surface area contributed by atoms with Gasteiger partial charge < -0.3 is 14.2 Å². The second-order valence-electron chi connectivity index (χ2n) is 7.42. The Morgan fingerprint density at radius 2 is 1.48 bits per heavy atom. The van der Waals surface area contributed by atoms with Crippen molar-refractivity contribution in [2.24, 2.45) is 0 Å². The van der Waals surface area contributed by atoms with Crippen LogP contribution < -0.4 is 14.2 Å². The van der Waals surface area contributed by atoms with Gasteiger partial charge in [-0.3, -0.25) is 0 Å². The first kappa shape index (κ1) is 21.1. The summed E-state index contributed by atoms with van der Waals surface area (Å²) in [4.78, 5) is 0. The van der Waals surface area contributed by atoms with Crippen LogP contribution in [-0.2, 0) is 19.4 Å². The summed E-state index contributed by atoms with van der Waals surface area (Å²) in [5.74, 6) is -3.74. The van der Waals surface area contributed by atoms with Crippen molar-refractivity contribution in [1.82, 2.24) is 0 Å². The van der Waals surface area contributed by atoms with E-state index < -0.39 is 17.5 Å². The molecule has 162 valence electrons. The van der Waals surface area contributed by atoms with Crippen LogP contribution in [0.25, 0.3) is 0 Å². The molecular formula is C25H23F3O3. The lowest BCUT2D eigenvalue weighted by Gasteiger charge is -2.23. The Labute approximate surface area is 179 Å². The molecule has 3 nitrogen and oxygen atoms in total. The standard InChI is InChI=1S/C25H23F3O3/c1-3-5-15-6-8-16(9-7-15)14-30-19-11-10-17-12-18-13-20(29-4-2)21(26)23(28)25(18)31-24(17)22(19)27/h6-11,13H,3-5,12,14H2,1-2H3. The van der Waals surface area contributed by atoms with Gasteiger partial charge in [-0.15, -0.1) is 0 Å². The van der Waals surface area contributed by atoms with Crippen LogP contribution in [0.1, 0.15) is 42.5 Å². The van der Waals surface area contributed by atoms with Crippen molar-refractivity contribution in [2.45, 2.75) is 39.7 Å². The van der Waals surface area contributed by atoms with Gasteiger partial charge in [-0.25, -0.2) is 0 Å². The van der Waals surface area contributed by atoms with Crippen LogP contribution in [0.5, 0.6) is 23.0 Å². The van der Waals surface area contributed by atoms with Crippen molar-refractivity contribution in [3.63, 3.8) is 0 Å². The Hall–Kier alpha value is -3.15. The molecule has 0 bridgehead atoms. The molecular weight excluding hydrogens is 405 g/mol. The number of rotatable bonds is 7. The minimum absolute atomic E-state index is 0.00773. The van der Waals surface area contributed by atoms with E-state index >= 15 is 4.39 Å². The number of aryl methyl sites for hydroxylation is 1. The molecule has 0 saturated heterocycles. The van der Waals surface area contributed by atoms with E-state index in [4.69, 9.17) is 14.2 Å². The van der Waals surface area contributed by atoms with Crippen LogP contribution in [-0.4, -0.2) is 6.61 Å². The summed E-state index contributed by atoms with van der Waals surface area (Å²) in [6, 6.07) is 12.5. The van der Waals surface area contributed by atoms with Crippen molar-refractivity contribution in [1.29, 1.82) is 0 Å². The molecule has 0 spiro atoms. The Kier molecular flexibility index (Phi) is 6.07. The molecule has 0 fully saturated rings. The highest BCUT2D eigenvalue weighted by molar-refractivity contribution is 5.55. The van der Waals surface area contributed by atoms with Crippen LogP contribution in [0.3, 0.4) is 0 Å². The normalized spacial score (nSPS) is 12.0. The summed E-state index contributed by atoms with van der Waals surface area (Å²) in [5.41, 5.74) is 3.06. The van der Waals surface area contributed by atoms with E-state index in [0.29, 0.717) is 11.1 Å². The Morgan fingerprint density at radius 1 is 0.774 bits per heavy atom. The fraction of sp³-hybridized carbons (Fsp3) is 0.280. The number of ether oxygens (including phenoxy) is 3. The summed E-state index contributed by atoms with van der Waals surface area (Å²) < 4.78 is 60.0. The van der Waals surface area contributed by atoms with Gasteiger partial charge in [0.05, 0.1) is 6.61 Å². The van der Waals surface area contributed by atoms with E-state index in [1.54, 1.807) is 13.0 Å². The predicted octanol–water partition coefficient (Wildman–Crippen LogP) is 6.73. The van der Waals surface area contributed by atoms with E-state index in [0.717, 1.165) is 18.4 Å². The van der Waals surface area contributed by atoms with Crippen LogP contribution in [0.15, 0.2) is 42.5 Å². The molecule has 3 aromatic carbocycles. The van der Waals surface area contributed by atoms with Gasteiger partial charge in [0, 0.05) is 17.5 Å². The van der Waals surface area contributed by atoms with Gasteiger partial charge in [-0.05, 0) is 36.6 Å². The third-order valence-electron chi connectivity index (χ3n) is 5.19. The molecule has 0 unspecified atom stereocenters. The zero-order valence-corrected chi connectivity index (χ0v) is 17.4. The Morgan fingerprint density at radius 3 is 2.19 bits per heavy atom. The molecule has 6 heteroatoms. The number of hydrogen-bond donors (Lipinski definition) is 0. The lowest BCUT2D eigenvalue weighted by Crippen LogP contribution is -2.10. The minimum atomic E-state index is -1.19. The number of halogens is 3. The fourth-order valence-electron chi connectivity index (χ4n) is 3.64. The molecule has 1 heterocycles. The van der Waals surface area contributed by atoms with Gasteiger partial charge in [0.15, 0.2) is 23.0 Å². The number of benzene rings is 3. The summed E-state index contributed by atoms with van der Waals surface area (Å²) in [5, 5.41) is 0. The molecule has 0 radical (unpaired) electrons. The highest BCUT2D eigenvalue weighted by Gasteiger charge is 2.29. The van der Waals surface area contributed by atoms with Gasteiger partial charge in [0.2, 0.25) is 17.5 Å². The first-order valence-corrected chi connectivity index (χ1v) is 10.3. The summed E-state index contributed by atoms with van der Waals surface area (Å²) >= 11 is 0. The van der Waals surface area contributed by atoms with Gasteiger partial charge in [0.25, 0.3) is 0 Å². The maximum Gasteiger partial charge on any atom is 0.207 e. The summed E-state index contributed by atoms with van der Waals surface area (Å²) in [6.45, 7) is 4.18. The van der Waals surface area contributed by atoms with E-state index in [1.165, 1.54) is 17.7 Å². The molecule has 0 amide bonds. The number of fused-ring (bicyclic) bond motifs is 2. The van der Waals surface area contributed by atoms with Crippen molar-refractivity contribution in [3.05, 3.63) is 82.2 Å². The van der Waals surface area contributed by atoms with Crippen LogP contribution in [0, 0.1) is 17.5 Å². The van der Waals surface area contributed by atoms with E-state index in [9.17, 15) is 8.78 Å². The van der Waals surface area contributed by atoms with Gasteiger partial charge in [-0.1, -0.05) is 43.7 Å². The fourth-order valence-corrected chi connectivity index (χ4v) is 3.64. The molecule has 3 aromatic rings. The van der Waals surface area contributed by atoms with Gasteiger partial charge in [-0.2, -0.15) is 13.2 Å². The van der Waals surface area contributed by atoms with Crippen molar-refractivity contribution in [2.75, 3.05) is 6.61 Å². The largest absolute Gasteiger partial charge is 0.491 e. The molecule has 4 rings (SSSR count). The first-order valence-electron chi connectivity index (χ1n) is 10.3. The monoisotopic (exact) mass is 428 g/mol. The molecule has 0 atom stereocenters. The van der Waals surface area contributed by atoms with Crippen LogP contribution >= 0.6 is 0 Å². The smallest absolute Gasteiger partial charge is 0.207 e. The van der Waals surface area contributed by atoms with Gasteiger partial charge >= 0.3 is 0 Å². The summed E-state index contributed by atoms with van der Waals surface area (Å²) in [6.07, 6.45) is 2.26. The lowest BCUT2D eigenvalue weighted by atomic mass is 9.99. The highest BCUT2D eigenvalue weighted by Crippen LogP contribution is 2.44. The number of hydrogen-bond acceptors (Lipinski definition) is 3. The Balaban J connectivity index is 1.55. The van der Waals surface area contributed by atoms with Crippen molar-refractivity contribution in [3.8, 4) is 23.0 Å². The van der Waals surface area contributed by atoms with Crippen LogP contribution in [0.2, 0.25) is 0 Å². The zero-order valence-electron chi connectivity index (χ0n) is 17.4.